The van der Waals surface area contributed by atoms with Crippen LogP contribution in [-0.2, 0) is 4.74 Å². The Labute approximate surface area is 125 Å². The number of aromatic nitrogens is 2. The molecule has 116 valence electrons. The molecule has 2 heterocycles. The summed E-state index contributed by atoms with van der Waals surface area (Å²) in [5.74, 6) is 3.08. The van der Waals surface area contributed by atoms with Crippen molar-refractivity contribution < 1.29 is 9.84 Å². The summed E-state index contributed by atoms with van der Waals surface area (Å²) in [5, 5.41) is 16.5. The predicted octanol–water partition coefficient (Wildman–Crippen LogP) is 1.74. The van der Waals surface area contributed by atoms with E-state index in [0.717, 1.165) is 36.8 Å². The second-order valence-corrected chi connectivity index (χ2v) is 5.98. The Morgan fingerprint density at radius 2 is 2.00 bits per heavy atom. The number of aliphatic hydroxyl groups excluding tert-OH is 1. The van der Waals surface area contributed by atoms with Gasteiger partial charge in [-0.3, -0.25) is 0 Å². The Balaban J connectivity index is 1.82. The van der Waals surface area contributed by atoms with E-state index in [9.17, 15) is 5.11 Å². The highest BCUT2D eigenvalue weighted by Gasteiger charge is 2.33. The molecule has 2 aliphatic rings. The molecule has 2 fully saturated rings. The summed E-state index contributed by atoms with van der Waals surface area (Å²) in [5.41, 5.74) is -0.323. The number of nitrogens with zero attached hydrogens (tertiary/aromatic N) is 2. The van der Waals surface area contributed by atoms with Crippen LogP contribution in [0.15, 0.2) is 6.07 Å². The summed E-state index contributed by atoms with van der Waals surface area (Å²) >= 11 is 0. The molecule has 21 heavy (non-hydrogen) atoms. The molecule has 0 bridgehead atoms. The van der Waals surface area contributed by atoms with Gasteiger partial charge in [0.25, 0.3) is 0 Å². The van der Waals surface area contributed by atoms with E-state index in [4.69, 9.17) is 4.74 Å². The number of aliphatic hydroxyl groups is 1. The third-order valence-corrected chi connectivity index (χ3v) is 4.19. The Kier molecular flexibility index (Phi) is 4.26. The molecule has 6 nitrogen and oxygen atoms in total. The molecule has 0 spiro atoms. The first kappa shape index (κ1) is 14.5. The lowest BCUT2D eigenvalue weighted by Crippen LogP contribution is -2.47. The molecule has 1 saturated heterocycles. The second-order valence-electron chi connectivity index (χ2n) is 5.98. The van der Waals surface area contributed by atoms with Crippen molar-refractivity contribution in [3.05, 3.63) is 11.9 Å². The Morgan fingerprint density at radius 3 is 2.62 bits per heavy atom. The number of hydrogen-bond donors (Lipinski definition) is 3. The largest absolute Gasteiger partial charge is 0.394 e. The predicted molar refractivity (Wildman–Crippen MR) is 81.7 cm³/mol. The van der Waals surface area contributed by atoms with Crippen LogP contribution in [0.4, 0.5) is 11.6 Å². The zero-order valence-corrected chi connectivity index (χ0v) is 12.6. The molecule has 0 amide bonds. The summed E-state index contributed by atoms with van der Waals surface area (Å²) in [6.07, 6.45) is 3.94. The topological polar surface area (TPSA) is 79.3 Å². The van der Waals surface area contributed by atoms with Crippen LogP contribution in [-0.4, -0.2) is 47.0 Å². The number of anilines is 2. The molecular formula is C15H24N4O2. The van der Waals surface area contributed by atoms with E-state index < -0.39 is 0 Å². The molecule has 1 aliphatic heterocycles. The fraction of sp³-hybridized carbons (Fsp3) is 0.733. The highest BCUT2D eigenvalue weighted by Crippen LogP contribution is 2.39. The zero-order chi connectivity index (χ0) is 14.7. The Bertz CT molecular complexity index is 485. The van der Waals surface area contributed by atoms with Gasteiger partial charge in [-0.05, 0) is 32.6 Å². The Hall–Kier alpha value is -1.40. The molecule has 1 aromatic heterocycles. The molecule has 6 heteroatoms. The monoisotopic (exact) mass is 292 g/mol. The van der Waals surface area contributed by atoms with Gasteiger partial charge >= 0.3 is 0 Å². The van der Waals surface area contributed by atoms with Crippen LogP contribution in [0.2, 0.25) is 0 Å². The molecule has 1 aromatic rings. The van der Waals surface area contributed by atoms with Gasteiger partial charge in [0, 0.05) is 31.7 Å². The van der Waals surface area contributed by atoms with Crippen molar-refractivity contribution in [3.63, 3.8) is 0 Å². The minimum Gasteiger partial charge on any atom is -0.394 e. The van der Waals surface area contributed by atoms with E-state index in [1.54, 1.807) is 0 Å². The summed E-state index contributed by atoms with van der Waals surface area (Å²) in [6.45, 7) is 4.33. The lowest BCUT2D eigenvalue weighted by atomic mass is 9.91. The van der Waals surface area contributed by atoms with Crippen LogP contribution in [0.25, 0.3) is 0 Å². The number of ether oxygens (including phenoxy) is 1. The van der Waals surface area contributed by atoms with Gasteiger partial charge in [0.2, 0.25) is 0 Å². The highest BCUT2D eigenvalue weighted by atomic mass is 16.5. The van der Waals surface area contributed by atoms with Crippen LogP contribution >= 0.6 is 0 Å². The lowest BCUT2D eigenvalue weighted by Gasteiger charge is -2.36. The van der Waals surface area contributed by atoms with Crippen molar-refractivity contribution in [1.82, 2.24) is 9.97 Å². The third-order valence-electron chi connectivity index (χ3n) is 4.19. The number of hydrogen-bond acceptors (Lipinski definition) is 6. The molecule has 3 rings (SSSR count). The summed E-state index contributed by atoms with van der Waals surface area (Å²) in [6, 6.07) is 1.93. The Morgan fingerprint density at radius 1 is 1.29 bits per heavy atom. The van der Waals surface area contributed by atoms with Gasteiger partial charge in [-0.2, -0.15) is 0 Å². The molecular weight excluding hydrogens is 268 g/mol. The average Bonchev–Trinajstić information content (AvgIpc) is 3.33. The smallest absolute Gasteiger partial charge is 0.136 e. The van der Waals surface area contributed by atoms with Crippen molar-refractivity contribution in [1.29, 1.82) is 0 Å². The fourth-order valence-electron chi connectivity index (χ4n) is 2.68. The van der Waals surface area contributed by atoms with Gasteiger partial charge in [0.05, 0.1) is 12.1 Å². The van der Waals surface area contributed by atoms with Crippen molar-refractivity contribution in [3.8, 4) is 0 Å². The van der Waals surface area contributed by atoms with Crippen LogP contribution in [0, 0.1) is 0 Å². The van der Waals surface area contributed by atoms with Gasteiger partial charge in [-0.25, -0.2) is 9.97 Å². The van der Waals surface area contributed by atoms with Gasteiger partial charge in [0.1, 0.15) is 17.5 Å². The second kappa shape index (κ2) is 6.15. The molecule has 0 aromatic carbocycles. The average molecular weight is 292 g/mol. The van der Waals surface area contributed by atoms with E-state index >= 15 is 0 Å². The normalized spacial score (nSPS) is 21.0. The van der Waals surface area contributed by atoms with Crippen molar-refractivity contribution in [2.24, 2.45) is 0 Å². The van der Waals surface area contributed by atoms with Gasteiger partial charge in [-0.15, -0.1) is 0 Å². The molecule has 1 saturated carbocycles. The maximum Gasteiger partial charge on any atom is 0.136 e. The van der Waals surface area contributed by atoms with Gasteiger partial charge in [-0.1, -0.05) is 0 Å². The lowest BCUT2D eigenvalue weighted by molar-refractivity contribution is 0.0378. The van der Waals surface area contributed by atoms with Gasteiger partial charge < -0.3 is 20.5 Å². The van der Waals surface area contributed by atoms with Crippen molar-refractivity contribution in [2.45, 2.75) is 44.1 Å². The van der Waals surface area contributed by atoms with E-state index in [0.29, 0.717) is 19.1 Å². The molecule has 1 aliphatic carbocycles. The summed E-state index contributed by atoms with van der Waals surface area (Å²) in [4.78, 5) is 9.23. The maximum atomic E-state index is 9.79. The maximum absolute atomic E-state index is 9.79. The van der Waals surface area contributed by atoms with Crippen LogP contribution < -0.4 is 10.6 Å². The SMILES string of the molecule is CCNc1cc(NC2(CO)CCOCC2)nc(C2CC2)n1. The first-order valence-electron chi connectivity index (χ1n) is 7.84. The highest BCUT2D eigenvalue weighted by molar-refractivity contribution is 5.49. The zero-order valence-electron chi connectivity index (χ0n) is 12.6. The number of rotatable bonds is 6. The quantitative estimate of drug-likeness (QED) is 0.741. The third kappa shape index (κ3) is 3.44. The minimum atomic E-state index is -0.323. The molecule has 0 atom stereocenters. The minimum absolute atomic E-state index is 0.0929. The van der Waals surface area contributed by atoms with Crippen molar-refractivity contribution in [2.75, 3.05) is 37.0 Å². The van der Waals surface area contributed by atoms with E-state index in [2.05, 4.69) is 27.5 Å². The van der Waals surface area contributed by atoms with E-state index in [1.165, 1.54) is 12.8 Å². The van der Waals surface area contributed by atoms with Crippen LogP contribution in [0.3, 0.4) is 0 Å². The first-order valence-corrected chi connectivity index (χ1v) is 7.84. The molecule has 0 unspecified atom stereocenters. The number of nitrogens with one attached hydrogen (secondary N) is 2. The standard InChI is InChI=1S/C15H24N4O2/c1-2-16-12-9-13(18-14(17-12)11-3-4-11)19-15(10-20)5-7-21-8-6-15/h9,11,20H,2-8,10H2,1H3,(H2,16,17,18,19). The van der Waals surface area contributed by atoms with Gasteiger partial charge in [0.15, 0.2) is 0 Å². The van der Waals surface area contributed by atoms with E-state index in [1.807, 2.05) is 6.07 Å². The first-order chi connectivity index (χ1) is 10.2. The van der Waals surface area contributed by atoms with E-state index in [-0.39, 0.29) is 12.1 Å². The molecule has 0 radical (unpaired) electrons. The fourth-order valence-corrected chi connectivity index (χ4v) is 2.68. The van der Waals surface area contributed by atoms with Crippen molar-refractivity contribution >= 4 is 11.6 Å². The van der Waals surface area contributed by atoms with Crippen LogP contribution in [0.1, 0.15) is 44.3 Å². The van der Waals surface area contributed by atoms with Crippen LogP contribution in [0.5, 0.6) is 0 Å². The summed E-state index contributed by atoms with van der Waals surface area (Å²) in [7, 11) is 0. The summed E-state index contributed by atoms with van der Waals surface area (Å²) < 4.78 is 5.40. The molecule has 3 N–H and O–H groups in total.